The largest absolute Gasteiger partial charge is 0.476 e. The zero-order chi connectivity index (χ0) is 14.0. The molecule has 0 amide bonds. The van der Waals surface area contributed by atoms with E-state index >= 15 is 0 Å². The summed E-state index contributed by atoms with van der Waals surface area (Å²) in [6.45, 7) is 3.74. The number of carboxylic acids is 1. The number of halogens is 1. The summed E-state index contributed by atoms with van der Waals surface area (Å²) >= 11 is 0. The predicted molar refractivity (Wildman–Crippen MR) is 67.0 cm³/mol. The van der Waals surface area contributed by atoms with E-state index in [1.54, 1.807) is 12.1 Å². The van der Waals surface area contributed by atoms with Crippen LogP contribution >= 0.6 is 0 Å². The van der Waals surface area contributed by atoms with Gasteiger partial charge in [-0.15, -0.1) is 5.10 Å². The van der Waals surface area contributed by atoms with E-state index < -0.39 is 11.8 Å². The molecule has 1 N–H and O–H groups in total. The molecule has 100 valence electrons. The van der Waals surface area contributed by atoms with Crippen LogP contribution in [0, 0.1) is 12.7 Å². The lowest BCUT2D eigenvalue weighted by atomic mass is 10.1. The fourth-order valence-corrected chi connectivity index (χ4v) is 1.91. The fourth-order valence-electron chi connectivity index (χ4n) is 1.91. The molecule has 1 aromatic carbocycles. The maximum atomic E-state index is 13.8. The van der Waals surface area contributed by atoms with Crippen molar-refractivity contribution in [1.82, 2.24) is 15.0 Å². The lowest BCUT2D eigenvalue weighted by molar-refractivity contribution is 0.0689. The van der Waals surface area contributed by atoms with Gasteiger partial charge in [-0.05, 0) is 31.0 Å². The van der Waals surface area contributed by atoms with Gasteiger partial charge in [-0.1, -0.05) is 24.6 Å². The third kappa shape index (κ3) is 2.47. The second-order valence-electron chi connectivity index (χ2n) is 4.31. The van der Waals surface area contributed by atoms with E-state index in [0.29, 0.717) is 12.1 Å². The van der Waals surface area contributed by atoms with Crippen molar-refractivity contribution in [3.8, 4) is 5.69 Å². The van der Waals surface area contributed by atoms with E-state index in [0.717, 1.165) is 12.0 Å². The van der Waals surface area contributed by atoms with Crippen LogP contribution in [0.25, 0.3) is 5.69 Å². The monoisotopic (exact) mass is 263 g/mol. The van der Waals surface area contributed by atoms with Crippen molar-refractivity contribution in [3.05, 3.63) is 41.0 Å². The van der Waals surface area contributed by atoms with Gasteiger partial charge in [0.05, 0.1) is 5.69 Å². The molecular formula is C13H14FN3O2. The summed E-state index contributed by atoms with van der Waals surface area (Å²) in [7, 11) is 0. The van der Waals surface area contributed by atoms with E-state index in [2.05, 4.69) is 10.3 Å². The van der Waals surface area contributed by atoms with Crippen LogP contribution < -0.4 is 0 Å². The minimum atomic E-state index is -1.15. The first-order valence-electron chi connectivity index (χ1n) is 5.99. The third-order valence-electron chi connectivity index (χ3n) is 2.78. The maximum Gasteiger partial charge on any atom is 0.358 e. The SMILES string of the molecule is CCCc1c(C(=O)O)nnn1-c1cc(C)ccc1F. The fraction of sp³-hybridized carbons (Fsp3) is 0.308. The van der Waals surface area contributed by atoms with Crippen molar-refractivity contribution in [2.45, 2.75) is 26.7 Å². The van der Waals surface area contributed by atoms with Crippen LogP contribution in [0.15, 0.2) is 18.2 Å². The Morgan fingerprint density at radius 2 is 2.21 bits per heavy atom. The Kier molecular flexibility index (Phi) is 3.59. The number of carbonyl (C=O) groups is 1. The molecule has 2 aromatic rings. The van der Waals surface area contributed by atoms with Gasteiger partial charge in [0.1, 0.15) is 11.5 Å². The van der Waals surface area contributed by atoms with Crippen LogP contribution in [0.5, 0.6) is 0 Å². The smallest absolute Gasteiger partial charge is 0.358 e. The van der Waals surface area contributed by atoms with Gasteiger partial charge in [-0.2, -0.15) is 0 Å². The highest BCUT2D eigenvalue weighted by Crippen LogP contribution is 2.19. The van der Waals surface area contributed by atoms with E-state index in [1.165, 1.54) is 10.7 Å². The molecular weight excluding hydrogens is 249 g/mol. The molecule has 0 radical (unpaired) electrons. The Hall–Kier alpha value is -2.24. The minimum Gasteiger partial charge on any atom is -0.476 e. The zero-order valence-corrected chi connectivity index (χ0v) is 10.7. The third-order valence-corrected chi connectivity index (χ3v) is 2.78. The molecule has 2 rings (SSSR count). The van der Waals surface area contributed by atoms with Crippen LogP contribution in [0.4, 0.5) is 4.39 Å². The Labute approximate surface area is 109 Å². The van der Waals surface area contributed by atoms with E-state index in [1.807, 2.05) is 13.8 Å². The number of nitrogens with zero attached hydrogens (tertiary/aromatic N) is 3. The van der Waals surface area contributed by atoms with Gasteiger partial charge in [0.25, 0.3) is 0 Å². The number of hydrogen-bond donors (Lipinski definition) is 1. The van der Waals surface area contributed by atoms with Crippen molar-refractivity contribution in [3.63, 3.8) is 0 Å². The zero-order valence-electron chi connectivity index (χ0n) is 10.7. The number of benzene rings is 1. The Bertz CT molecular complexity index is 622. The van der Waals surface area contributed by atoms with E-state index in [9.17, 15) is 9.18 Å². The molecule has 1 heterocycles. The number of aromatic carboxylic acids is 1. The van der Waals surface area contributed by atoms with Crippen LogP contribution in [-0.2, 0) is 6.42 Å². The van der Waals surface area contributed by atoms with Crippen molar-refractivity contribution in [2.75, 3.05) is 0 Å². The predicted octanol–water partition coefficient (Wildman–Crippen LogP) is 2.37. The summed E-state index contributed by atoms with van der Waals surface area (Å²) in [6, 6.07) is 4.60. The summed E-state index contributed by atoms with van der Waals surface area (Å²) in [4.78, 5) is 11.1. The lowest BCUT2D eigenvalue weighted by Crippen LogP contribution is -2.08. The number of carboxylic acid groups (broad SMARTS) is 1. The number of rotatable bonds is 4. The number of aromatic nitrogens is 3. The van der Waals surface area contributed by atoms with Crippen molar-refractivity contribution in [2.24, 2.45) is 0 Å². The minimum absolute atomic E-state index is 0.122. The highest BCUT2D eigenvalue weighted by molar-refractivity contribution is 5.86. The van der Waals surface area contributed by atoms with Gasteiger partial charge in [0, 0.05) is 0 Å². The first kappa shape index (κ1) is 13.2. The second kappa shape index (κ2) is 5.17. The average Bonchev–Trinajstić information content (AvgIpc) is 2.76. The summed E-state index contributed by atoms with van der Waals surface area (Å²) in [6.07, 6.45) is 1.20. The van der Waals surface area contributed by atoms with Gasteiger partial charge in [-0.25, -0.2) is 13.9 Å². The Morgan fingerprint density at radius 1 is 1.47 bits per heavy atom. The molecule has 0 aliphatic heterocycles. The van der Waals surface area contributed by atoms with Gasteiger partial charge in [0.15, 0.2) is 5.69 Å². The first-order valence-corrected chi connectivity index (χ1v) is 5.99. The maximum absolute atomic E-state index is 13.8. The van der Waals surface area contributed by atoms with Crippen molar-refractivity contribution in [1.29, 1.82) is 0 Å². The standard InChI is InChI=1S/C13H14FN3O2/c1-3-4-10-12(13(18)19)15-16-17(10)11-7-8(2)5-6-9(11)14/h5-7H,3-4H2,1-2H3,(H,18,19). The van der Waals surface area contributed by atoms with Crippen molar-refractivity contribution < 1.29 is 14.3 Å². The van der Waals surface area contributed by atoms with E-state index in [-0.39, 0.29) is 11.4 Å². The summed E-state index contributed by atoms with van der Waals surface area (Å²) in [5, 5.41) is 16.5. The molecule has 0 spiro atoms. The van der Waals surface area contributed by atoms with Gasteiger partial charge >= 0.3 is 5.97 Å². The Morgan fingerprint density at radius 3 is 2.84 bits per heavy atom. The molecule has 0 unspecified atom stereocenters. The van der Waals surface area contributed by atoms with Crippen molar-refractivity contribution >= 4 is 5.97 Å². The second-order valence-corrected chi connectivity index (χ2v) is 4.31. The molecule has 0 aliphatic carbocycles. The summed E-state index contributed by atoms with van der Waals surface area (Å²) in [5.41, 5.74) is 1.39. The average molecular weight is 263 g/mol. The topological polar surface area (TPSA) is 68.0 Å². The molecule has 0 saturated heterocycles. The molecule has 1 aromatic heterocycles. The highest BCUT2D eigenvalue weighted by atomic mass is 19.1. The molecule has 0 aliphatic rings. The molecule has 0 bridgehead atoms. The van der Waals surface area contributed by atoms with Gasteiger partial charge < -0.3 is 5.11 Å². The first-order chi connectivity index (χ1) is 9.04. The van der Waals surface area contributed by atoms with Crippen LogP contribution in [0.1, 0.15) is 35.1 Å². The molecule has 6 heteroatoms. The molecule has 5 nitrogen and oxygen atoms in total. The van der Waals surface area contributed by atoms with E-state index in [4.69, 9.17) is 5.11 Å². The number of aryl methyl sites for hydroxylation is 1. The number of hydrogen-bond acceptors (Lipinski definition) is 3. The van der Waals surface area contributed by atoms with Crippen LogP contribution in [0.2, 0.25) is 0 Å². The van der Waals surface area contributed by atoms with Crippen LogP contribution in [-0.4, -0.2) is 26.1 Å². The Balaban J connectivity index is 2.61. The van der Waals surface area contributed by atoms with Crippen LogP contribution in [0.3, 0.4) is 0 Å². The van der Waals surface area contributed by atoms with Gasteiger partial charge in [-0.3, -0.25) is 0 Å². The summed E-state index contributed by atoms with van der Waals surface area (Å²) < 4.78 is 15.1. The van der Waals surface area contributed by atoms with Gasteiger partial charge in [0.2, 0.25) is 0 Å². The molecule has 0 saturated carbocycles. The normalized spacial score (nSPS) is 10.7. The summed E-state index contributed by atoms with van der Waals surface area (Å²) in [5.74, 6) is -1.60. The lowest BCUT2D eigenvalue weighted by Gasteiger charge is -2.08. The highest BCUT2D eigenvalue weighted by Gasteiger charge is 2.20. The molecule has 19 heavy (non-hydrogen) atoms. The molecule has 0 fully saturated rings. The quantitative estimate of drug-likeness (QED) is 0.919. The molecule has 0 atom stereocenters.